The largest absolute Gasteiger partial charge is 0.456 e. The molecule has 2 N–H and O–H groups in total. The van der Waals surface area contributed by atoms with Crippen LogP contribution in [-0.2, 0) is 14.3 Å². The summed E-state index contributed by atoms with van der Waals surface area (Å²) in [4.78, 5) is 30.7. The highest BCUT2D eigenvalue weighted by molar-refractivity contribution is 6.32. The van der Waals surface area contributed by atoms with Gasteiger partial charge >= 0.3 is 5.97 Å². The van der Waals surface area contributed by atoms with E-state index in [0.717, 1.165) is 12.0 Å². The predicted octanol–water partition coefficient (Wildman–Crippen LogP) is 6.27. The number of carbonyl (C=O) groups excluding carboxylic acids is 2. The van der Waals surface area contributed by atoms with E-state index in [-0.39, 0.29) is 25.0 Å². The number of aryl methyl sites for hydroxylation is 1. The molecular weight excluding hydrogens is 494 g/mol. The predicted molar refractivity (Wildman–Crippen MR) is 144 cm³/mol. The zero-order valence-electron chi connectivity index (χ0n) is 22.8. The van der Waals surface area contributed by atoms with Gasteiger partial charge in [0.1, 0.15) is 23.8 Å². The van der Waals surface area contributed by atoms with E-state index in [9.17, 15) is 19.8 Å². The summed E-state index contributed by atoms with van der Waals surface area (Å²) < 4.78 is 11.0. The summed E-state index contributed by atoms with van der Waals surface area (Å²) in [5.74, 6) is -3.92. The zero-order chi connectivity index (χ0) is 27.8. The zero-order valence-corrected chi connectivity index (χ0v) is 23.5. The van der Waals surface area contributed by atoms with Crippen LogP contribution in [0.15, 0.2) is 40.0 Å². The number of nitrogens with zero attached hydrogens (tertiary/aromatic N) is 1. The Morgan fingerprint density at radius 2 is 1.97 bits per heavy atom. The van der Waals surface area contributed by atoms with Crippen molar-refractivity contribution in [1.29, 1.82) is 0 Å². The van der Waals surface area contributed by atoms with Crippen molar-refractivity contribution in [3.63, 3.8) is 0 Å². The molecule has 8 heteroatoms. The fraction of sp³-hybridized carbons (Fsp3) is 0.621. The molecule has 1 aromatic heterocycles. The Bertz CT molecular complexity index is 1010. The fourth-order valence-corrected chi connectivity index (χ4v) is 4.84. The highest BCUT2D eigenvalue weighted by Crippen LogP contribution is 2.38. The Kier molecular flexibility index (Phi) is 11.3. The van der Waals surface area contributed by atoms with Crippen LogP contribution in [0.4, 0.5) is 0 Å². The standard InChI is InChI=1S/C29H42ClNO6/c1-7-8-12-23-27(33)28(5,6)16-15-26(32)37-25(24(30)17-22-18-36-21(4)31-22)14-13-19(2)10-9-11-20(3)29(23,34)35/h7,13,17-18,20,23,25,34-35H,1,8-12,14-16H2,2-6H3. The van der Waals surface area contributed by atoms with Gasteiger partial charge in [-0.05, 0) is 51.5 Å². The highest BCUT2D eigenvalue weighted by atomic mass is 35.5. The van der Waals surface area contributed by atoms with Crippen LogP contribution < -0.4 is 0 Å². The number of allylic oxidation sites excluding steroid dienone is 2. The van der Waals surface area contributed by atoms with Gasteiger partial charge in [0.25, 0.3) is 0 Å². The summed E-state index contributed by atoms with van der Waals surface area (Å²) in [6.45, 7) is 12.7. The molecule has 0 aromatic carbocycles. The van der Waals surface area contributed by atoms with Gasteiger partial charge in [0.05, 0.1) is 11.0 Å². The van der Waals surface area contributed by atoms with Crippen LogP contribution >= 0.6 is 11.6 Å². The number of hydrogen-bond acceptors (Lipinski definition) is 7. The van der Waals surface area contributed by atoms with Crippen molar-refractivity contribution >= 4 is 29.4 Å². The number of aliphatic hydroxyl groups is 2. The first-order valence-corrected chi connectivity index (χ1v) is 13.4. The third-order valence-corrected chi connectivity index (χ3v) is 7.58. The van der Waals surface area contributed by atoms with Crippen molar-refractivity contribution in [2.75, 3.05) is 0 Å². The number of cyclic esters (lactones) is 1. The van der Waals surface area contributed by atoms with Gasteiger partial charge in [0.15, 0.2) is 11.7 Å². The summed E-state index contributed by atoms with van der Waals surface area (Å²) in [6.07, 6.45) is 9.37. The molecule has 3 atom stereocenters. The van der Waals surface area contributed by atoms with E-state index < -0.39 is 35.1 Å². The molecule has 37 heavy (non-hydrogen) atoms. The molecule has 7 nitrogen and oxygen atoms in total. The van der Waals surface area contributed by atoms with Crippen molar-refractivity contribution < 1.29 is 29.0 Å². The Morgan fingerprint density at radius 3 is 2.59 bits per heavy atom. The minimum absolute atomic E-state index is 0.0151. The minimum atomic E-state index is -2.16. The van der Waals surface area contributed by atoms with E-state index in [4.69, 9.17) is 20.8 Å². The van der Waals surface area contributed by atoms with E-state index in [1.807, 2.05) is 13.0 Å². The molecule has 0 spiro atoms. The number of oxazole rings is 1. The smallest absolute Gasteiger partial charge is 0.306 e. The van der Waals surface area contributed by atoms with Crippen molar-refractivity contribution in [3.8, 4) is 0 Å². The molecule has 0 radical (unpaired) electrons. The van der Waals surface area contributed by atoms with Crippen LogP contribution in [0.3, 0.4) is 0 Å². The number of halogens is 1. The molecule has 1 aliphatic heterocycles. The lowest BCUT2D eigenvalue weighted by Crippen LogP contribution is -2.51. The van der Waals surface area contributed by atoms with E-state index in [2.05, 4.69) is 11.6 Å². The summed E-state index contributed by atoms with van der Waals surface area (Å²) in [5.41, 5.74) is 0.639. The second-order valence-corrected chi connectivity index (χ2v) is 11.3. The van der Waals surface area contributed by atoms with Crippen molar-refractivity contribution in [2.45, 2.75) is 97.9 Å². The molecule has 2 heterocycles. The number of Topliss-reactive ketones (excluding diaryl/α,β-unsaturated/α-hetero) is 1. The van der Waals surface area contributed by atoms with E-state index in [0.29, 0.717) is 42.3 Å². The lowest BCUT2D eigenvalue weighted by atomic mass is 9.70. The third-order valence-electron chi connectivity index (χ3n) is 7.23. The average Bonchev–Trinajstić information content (AvgIpc) is 3.23. The SMILES string of the molecule is C=CCCC1C(=O)C(C)(C)CCC(=O)OC(C(Cl)=Cc2coc(C)n2)CC=C(C)CCCC(C)C1(O)O. The number of ether oxygens (including phenoxy) is 1. The molecule has 1 aromatic rings. The number of rotatable bonds is 5. The normalized spacial score (nSPS) is 26.3. The summed E-state index contributed by atoms with van der Waals surface area (Å²) in [6, 6.07) is 0. The Morgan fingerprint density at radius 1 is 1.27 bits per heavy atom. The maximum Gasteiger partial charge on any atom is 0.306 e. The molecule has 2 rings (SSSR count). The van der Waals surface area contributed by atoms with Gasteiger partial charge in [-0.15, -0.1) is 6.58 Å². The second kappa shape index (κ2) is 13.5. The van der Waals surface area contributed by atoms with Gasteiger partial charge in [0.2, 0.25) is 0 Å². The molecule has 0 aliphatic carbocycles. The number of ketones is 1. The first kappa shape index (κ1) is 31.0. The number of esters is 1. The Balaban J connectivity index is 2.35. The van der Waals surface area contributed by atoms with Crippen molar-refractivity contribution in [3.05, 3.63) is 47.2 Å². The lowest BCUT2D eigenvalue weighted by molar-refractivity contribution is -0.234. The third kappa shape index (κ3) is 8.94. The number of hydrogen-bond donors (Lipinski definition) is 2. The van der Waals surface area contributed by atoms with Crippen LogP contribution in [0.25, 0.3) is 6.08 Å². The van der Waals surface area contributed by atoms with Crippen LogP contribution in [0.5, 0.6) is 0 Å². The molecule has 0 bridgehead atoms. The Hall–Kier alpha value is -2.22. The summed E-state index contributed by atoms with van der Waals surface area (Å²) in [5, 5.41) is 22.6. The van der Waals surface area contributed by atoms with Crippen molar-refractivity contribution in [1.82, 2.24) is 4.98 Å². The summed E-state index contributed by atoms with van der Waals surface area (Å²) >= 11 is 6.57. The maximum atomic E-state index is 13.6. The van der Waals surface area contributed by atoms with Gasteiger partial charge < -0.3 is 19.4 Å². The molecule has 0 saturated heterocycles. The molecule has 0 fully saturated rings. The molecular formula is C29H42ClNO6. The maximum absolute atomic E-state index is 13.6. The molecule has 206 valence electrons. The van der Waals surface area contributed by atoms with Crippen LogP contribution in [0, 0.1) is 24.2 Å². The van der Waals surface area contributed by atoms with E-state index in [1.54, 1.807) is 39.8 Å². The van der Waals surface area contributed by atoms with Gasteiger partial charge in [-0.1, -0.05) is 50.1 Å². The quantitative estimate of drug-likeness (QED) is 0.260. The monoisotopic (exact) mass is 535 g/mol. The fourth-order valence-electron chi connectivity index (χ4n) is 4.60. The summed E-state index contributed by atoms with van der Waals surface area (Å²) in [7, 11) is 0. The number of aromatic nitrogens is 1. The van der Waals surface area contributed by atoms with Crippen molar-refractivity contribution in [2.24, 2.45) is 17.3 Å². The van der Waals surface area contributed by atoms with E-state index in [1.165, 1.54) is 6.26 Å². The van der Waals surface area contributed by atoms with Crippen LogP contribution in [0.2, 0.25) is 0 Å². The topological polar surface area (TPSA) is 110 Å². The van der Waals surface area contributed by atoms with Gasteiger partial charge in [-0.25, -0.2) is 4.98 Å². The Labute approximate surface area is 225 Å². The van der Waals surface area contributed by atoms with Crippen LogP contribution in [0.1, 0.15) is 90.6 Å². The number of carbonyl (C=O) groups is 2. The lowest BCUT2D eigenvalue weighted by Gasteiger charge is -2.39. The van der Waals surface area contributed by atoms with Gasteiger partial charge in [-0.3, -0.25) is 9.59 Å². The molecule has 3 unspecified atom stereocenters. The van der Waals surface area contributed by atoms with E-state index >= 15 is 0 Å². The minimum Gasteiger partial charge on any atom is -0.456 e. The highest BCUT2D eigenvalue weighted by Gasteiger charge is 2.47. The van der Waals surface area contributed by atoms with Gasteiger partial charge in [-0.2, -0.15) is 0 Å². The van der Waals surface area contributed by atoms with Crippen LogP contribution in [-0.4, -0.2) is 38.8 Å². The average molecular weight is 536 g/mol. The first-order chi connectivity index (χ1) is 17.3. The van der Waals surface area contributed by atoms with Gasteiger partial charge in [0, 0.05) is 31.1 Å². The second-order valence-electron chi connectivity index (χ2n) is 10.8. The molecule has 0 amide bonds. The molecule has 0 saturated carbocycles. The first-order valence-electron chi connectivity index (χ1n) is 13.0. The molecule has 1 aliphatic rings.